The van der Waals surface area contributed by atoms with E-state index in [1.807, 2.05) is 30.3 Å². The Morgan fingerprint density at radius 3 is 2.80 bits per heavy atom. The number of hydrazine groups is 1. The van der Waals surface area contributed by atoms with Gasteiger partial charge in [-0.25, -0.2) is 10.6 Å². The normalized spacial score (nSPS) is 18.4. The largest absolute Gasteiger partial charge is 0.445 e. The van der Waals surface area contributed by atoms with Gasteiger partial charge < -0.3 is 9.64 Å². The fourth-order valence-corrected chi connectivity index (χ4v) is 2.29. The lowest BCUT2D eigenvalue weighted by molar-refractivity contribution is -0.126. The van der Waals surface area contributed by atoms with Crippen LogP contribution in [0, 0.1) is 5.92 Å². The van der Waals surface area contributed by atoms with Crippen LogP contribution in [0.3, 0.4) is 0 Å². The van der Waals surface area contributed by atoms with Crippen molar-refractivity contribution in [2.45, 2.75) is 19.4 Å². The summed E-state index contributed by atoms with van der Waals surface area (Å²) in [6, 6.07) is 9.49. The maximum atomic E-state index is 12.0. The molecule has 3 N–H and O–H groups in total. The van der Waals surface area contributed by atoms with E-state index in [4.69, 9.17) is 10.6 Å². The number of piperidine rings is 1. The van der Waals surface area contributed by atoms with E-state index in [0.29, 0.717) is 13.1 Å². The molecule has 1 fully saturated rings. The number of nitrogens with two attached hydrogens (primary N) is 1. The van der Waals surface area contributed by atoms with Crippen LogP contribution in [0.25, 0.3) is 0 Å². The number of carbonyl (C=O) groups is 2. The third-order valence-electron chi connectivity index (χ3n) is 3.40. The Labute approximate surface area is 117 Å². The van der Waals surface area contributed by atoms with Gasteiger partial charge in [0.15, 0.2) is 0 Å². The first-order chi connectivity index (χ1) is 9.70. The predicted molar refractivity (Wildman–Crippen MR) is 73.3 cm³/mol. The van der Waals surface area contributed by atoms with Crippen molar-refractivity contribution >= 4 is 12.0 Å². The molecule has 0 aromatic heterocycles. The van der Waals surface area contributed by atoms with Crippen molar-refractivity contribution in [3.8, 4) is 0 Å². The Bertz CT molecular complexity index is 464. The predicted octanol–water partition coefficient (Wildman–Crippen LogP) is 1.03. The molecule has 0 radical (unpaired) electrons. The molecule has 0 bridgehead atoms. The van der Waals surface area contributed by atoms with Crippen molar-refractivity contribution in [2.24, 2.45) is 11.8 Å². The van der Waals surface area contributed by atoms with E-state index >= 15 is 0 Å². The monoisotopic (exact) mass is 277 g/mol. The molecule has 0 saturated carbocycles. The summed E-state index contributed by atoms with van der Waals surface area (Å²) in [5.41, 5.74) is 3.07. The van der Waals surface area contributed by atoms with Crippen LogP contribution in [0.4, 0.5) is 4.79 Å². The SMILES string of the molecule is NNC(=O)[C@@H]1CCCN(C(=O)OCc2ccccc2)C1. The van der Waals surface area contributed by atoms with Crippen LogP contribution < -0.4 is 11.3 Å². The third kappa shape index (κ3) is 3.71. The van der Waals surface area contributed by atoms with Crippen molar-refractivity contribution < 1.29 is 14.3 Å². The fraction of sp³-hybridized carbons (Fsp3) is 0.429. The zero-order chi connectivity index (χ0) is 14.4. The second-order valence-electron chi connectivity index (χ2n) is 4.83. The zero-order valence-electron chi connectivity index (χ0n) is 11.2. The number of hydrogen-bond donors (Lipinski definition) is 2. The van der Waals surface area contributed by atoms with Crippen molar-refractivity contribution in [1.82, 2.24) is 10.3 Å². The van der Waals surface area contributed by atoms with Gasteiger partial charge in [-0.1, -0.05) is 30.3 Å². The van der Waals surface area contributed by atoms with Gasteiger partial charge in [-0.3, -0.25) is 10.2 Å². The number of nitrogens with one attached hydrogen (secondary N) is 1. The third-order valence-corrected chi connectivity index (χ3v) is 3.40. The lowest BCUT2D eigenvalue weighted by atomic mass is 9.98. The van der Waals surface area contributed by atoms with Crippen molar-refractivity contribution in [1.29, 1.82) is 0 Å². The van der Waals surface area contributed by atoms with Gasteiger partial charge in [-0.2, -0.15) is 0 Å². The summed E-state index contributed by atoms with van der Waals surface area (Å²) in [7, 11) is 0. The molecule has 6 nitrogen and oxygen atoms in total. The number of nitrogens with zero attached hydrogens (tertiary/aromatic N) is 1. The minimum atomic E-state index is -0.386. The number of carbonyl (C=O) groups excluding carboxylic acids is 2. The zero-order valence-corrected chi connectivity index (χ0v) is 11.2. The topological polar surface area (TPSA) is 84.7 Å². The van der Waals surface area contributed by atoms with Crippen LogP contribution >= 0.6 is 0 Å². The molecule has 108 valence electrons. The Balaban J connectivity index is 1.84. The summed E-state index contributed by atoms with van der Waals surface area (Å²) < 4.78 is 5.25. The van der Waals surface area contributed by atoms with Crippen LogP contribution in [0.5, 0.6) is 0 Å². The van der Waals surface area contributed by atoms with Crippen LogP contribution in [0.1, 0.15) is 18.4 Å². The number of benzene rings is 1. The van der Waals surface area contributed by atoms with Gasteiger partial charge in [0.1, 0.15) is 6.61 Å². The van der Waals surface area contributed by atoms with Crippen molar-refractivity contribution in [3.63, 3.8) is 0 Å². The molecule has 1 atom stereocenters. The average molecular weight is 277 g/mol. The van der Waals surface area contributed by atoms with E-state index in [0.717, 1.165) is 18.4 Å². The van der Waals surface area contributed by atoms with Gasteiger partial charge in [-0.15, -0.1) is 0 Å². The molecule has 1 aliphatic rings. The molecule has 2 rings (SSSR count). The summed E-state index contributed by atoms with van der Waals surface area (Å²) in [6.07, 6.45) is 1.13. The molecule has 2 amide bonds. The van der Waals surface area contributed by atoms with E-state index in [1.165, 1.54) is 0 Å². The van der Waals surface area contributed by atoms with Gasteiger partial charge in [0.2, 0.25) is 5.91 Å². The van der Waals surface area contributed by atoms with Gasteiger partial charge in [0, 0.05) is 13.1 Å². The smallest absolute Gasteiger partial charge is 0.410 e. The summed E-state index contributed by atoms with van der Waals surface area (Å²) in [5, 5.41) is 0. The van der Waals surface area contributed by atoms with Crippen molar-refractivity contribution in [2.75, 3.05) is 13.1 Å². The molecule has 6 heteroatoms. The highest BCUT2D eigenvalue weighted by Gasteiger charge is 2.28. The quantitative estimate of drug-likeness (QED) is 0.491. The number of ether oxygens (including phenoxy) is 1. The highest BCUT2D eigenvalue weighted by molar-refractivity contribution is 5.79. The Kier molecular flexibility index (Phi) is 4.95. The highest BCUT2D eigenvalue weighted by Crippen LogP contribution is 2.17. The maximum Gasteiger partial charge on any atom is 0.410 e. The van der Waals surface area contributed by atoms with Crippen LogP contribution in [0.15, 0.2) is 30.3 Å². The van der Waals surface area contributed by atoms with Crippen LogP contribution in [-0.4, -0.2) is 30.0 Å². The molecular formula is C14H19N3O3. The molecule has 0 aliphatic carbocycles. The summed E-state index contributed by atoms with van der Waals surface area (Å²) in [5.74, 6) is 4.64. The molecule has 1 aromatic carbocycles. The van der Waals surface area contributed by atoms with Gasteiger partial charge in [0.25, 0.3) is 0 Å². The fourth-order valence-electron chi connectivity index (χ4n) is 2.29. The Morgan fingerprint density at radius 1 is 1.35 bits per heavy atom. The second-order valence-corrected chi connectivity index (χ2v) is 4.83. The molecule has 1 aromatic rings. The van der Waals surface area contributed by atoms with E-state index in [2.05, 4.69) is 5.43 Å². The number of rotatable bonds is 3. The lowest BCUT2D eigenvalue weighted by Gasteiger charge is -2.30. The Morgan fingerprint density at radius 2 is 2.10 bits per heavy atom. The summed E-state index contributed by atoms with van der Waals surface area (Å²) in [4.78, 5) is 25.0. The highest BCUT2D eigenvalue weighted by atomic mass is 16.6. The molecule has 1 heterocycles. The minimum absolute atomic E-state index is 0.231. The van der Waals surface area contributed by atoms with E-state index in [9.17, 15) is 9.59 Å². The van der Waals surface area contributed by atoms with Crippen molar-refractivity contribution in [3.05, 3.63) is 35.9 Å². The number of likely N-dealkylation sites (tertiary alicyclic amines) is 1. The van der Waals surface area contributed by atoms with Crippen LogP contribution in [0.2, 0.25) is 0 Å². The first-order valence-electron chi connectivity index (χ1n) is 6.67. The van der Waals surface area contributed by atoms with Gasteiger partial charge >= 0.3 is 6.09 Å². The van der Waals surface area contributed by atoms with Gasteiger partial charge in [0.05, 0.1) is 5.92 Å². The molecule has 1 aliphatic heterocycles. The molecule has 0 unspecified atom stereocenters. The molecule has 1 saturated heterocycles. The van der Waals surface area contributed by atoms with E-state index in [-0.39, 0.29) is 24.5 Å². The summed E-state index contributed by atoms with van der Waals surface area (Å²) >= 11 is 0. The first-order valence-corrected chi connectivity index (χ1v) is 6.67. The van der Waals surface area contributed by atoms with Gasteiger partial charge in [-0.05, 0) is 18.4 Å². The number of amides is 2. The standard InChI is InChI=1S/C14H19N3O3/c15-16-13(18)12-7-4-8-17(9-12)14(19)20-10-11-5-2-1-3-6-11/h1-3,5-6,12H,4,7-10,15H2,(H,16,18)/t12-/m1/s1. The molecule has 20 heavy (non-hydrogen) atoms. The minimum Gasteiger partial charge on any atom is -0.445 e. The first kappa shape index (κ1) is 14.3. The van der Waals surface area contributed by atoms with E-state index in [1.54, 1.807) is 4.90 Å². The number of hydrogen-bond acceptors (Lipinski definition) is 4. The average Bonchev–Trinajstić information content (AvgIpc) is 2.53. The molecule has 0 spiro atoms. The lowest BCUT2D eigenvalue weighted by Crippen LogP contribution is -2.47. The molecular weight excluding hydrogens is 258 g/mol. The Hall–Kier alpha value is -2.08. The summed E-state index contributed by atoms with van der Waals surface area (Å²) in [6.45, 7) is 1.21. The van der Waals surface area contributed by atoms with Crippen LogP contribution in [-0.2, 0) is 16.1 Å². The maximum absolute atomic E-state index is 12.0. The van der Waals surface area contributed by atoms with E-state index < -0.39 is 0 Å². The second kappa shape index (κ2) is 6.91.